The van der Waals surface area contributed by atoms with Crippen LogP contribution in [-0.4, -0.2) is 72.8 Å². The number of aromatic nitrogens is 3. The highest BCUT2D eigenvalue weighted by molar-refractivity contribution is 7.91. The number of halogens is 1. The second-order valence-electron chi connectivity index (χ2n) is 10.5. The fraction of sp³-hybridized carbons (Fsp3) is 0.250. The molecule has 0 aliphatic heterocycles. The van der Waals surface area contributed by atoms with E-state index in [0.29, 0.717) is 41.0 Å². The Morgan fingerprint density at radius 1 is 0.811 bits per heavy atom. The summed E-state index contributed by atoms with van der Waals surface area (Å²) in [6.45, 7) is 3.38. The number of nitrogens with one attached hydrogen (secondary N) is 3. The van der Waals surface area contributed by atoms with Crippen LogP contribution in [0.3, 0.4) is 0 Å². The Morgan fingerprint density at radius 2 is 1.43 bits per heavy atom. The Hall–Kier alpha value is -4.08. The minimum Gasteiger partial charge on any atom is -0.369 e. The maximum absolute atomic E-state index is 12.6. The van der Waals surface area contributed by atoms with E-state index in [2.05, 4.69) is 50.5 Å². The molecule has 0 spiro atoms. The van der Waals surface area contributed by atoms with Gasteiger partial charge in [-0.25, -0.2) is 13.7 Å². The second kappa shape index (κ2) is 18.3. The van der Waals surface area contributed by atoms with Crippen LogP contribution in [0.1, 0.15) is 25.0 Å². The van der Waals surface area contributed by atoms with Gasteiger partial charge in [0.05, 0.1) is 22.9 Å². The number of sulfone groups is 1. The van der Waals surface area contributed by atoms with Gasteiger partial charge in [0.15, 0.2) is 22.2 Å². The minimum absolute atomic E-state index is 0.00488. The fourth-order valence-electron chi connectivity index (χ4n) is 4.47. The maximum atomic E-state index is 12.6. The highest BCUT2D eigenvalue weighted by atomic mass is 35.5. The lowest BCUT2D eigenvalue weighted by molar-refractivity contribution is -0.434. The van der Waals surface area contributed by atoms with Crippen LogP contribution in [0, 0.1) is 0 Å². The van der Waals surface area contributed by atoms with E-state index in [1.807, 2.05) is 13.8 Å². The summed E-state index contributed by atoms with van der Waals surface area (Å²) >= 11 is 6.39. The molecule has 0 aliphatic rings. The monoisotopic (exact) mass is 834 g/mol. The van der Waals surface area contributed by atoms with Crippen molar-refractivity contribution in [2.45, 2.75) is 36.5 Å². The number of azo groups is 1. The summed E-state index contributed by atoms with van der Waals surface area (Å²) in [7, 11) is -12.8. The Morgan fingerprint density at radius 3 is 2.04 bits per heavy atom. The van der Waals surface area contributed by atoms with Crippen molar-refractivity contribution < 1.29 is 53.2 Å². The van der Waals surface area contributed by atoms with Crippen LogP contribution in [0.2, 0.25) is 5.28 Å². The first-order valence-corrected chi connectivity index (χ1v) is 20.7. The lowest BCUT2D eigenvalue weighted by atomic mass is 10.0. The Bertz CT molecular complexity index is 2280. The van der Waals surface area contributed by atoms with Crippen molar-refractivity contribution in [3.05, 3.63) is 71.0 Å². The fourth-order valence-corrected chi connectivity index (χ4v) is 6.98. The van der Waals surface area contributed by atoms with Crippen LogP contribution >= 0.6 is 23.9 Å². The zero-order chi connectivity index (χ0) is 38.8. The molecule has 0 bridgehead atoms. The van der Waals surface area contributed by atoms with Crippen molar-refractivity contribution in [2.24, 2.45) is 10.2 Å². The van der Waals surface area contributed by atoms with Gasteiger partial charge in [-0.1, -0.05) is 18.9 Å². The highest BCUT2D eigenvalue weighted by Gasteiger charge is 2.19. The number of anilines is 5. The zero-order valence-corrected chi connectivity index (χ0v) is 31.5. The molecule has 4 rings (SSSR count). The Kier molecular flexibility index (Phi) is 14.4. The van der Waals surface area contributed by atoms with E-state index in [1.54, 1.807) is 12.1 Å². The zero-order valence-electron chi connectivity index (χ0n) is 27.5. The minimum atomic E-state index is -4.76. The molecule has 0 unspecified atom stereocenters. The summed E-state index contributed by atoms with van der Waals surface area (Å²) in [5.74, 6) is -1.22. The summed E-state index contributed by atoms with van der Waals surface area (Å²) in [6, 6.07) is 12.6. The van der Waals surface area contributed by atoms with Crippen molar-refractivity contribution >= 4 is 94.3 Å². The van der Waals surface area contributed by atoms with E-state index < -0.39 is 40.8 Å². The Labute approximate surface area is 313 Å². The quantitative estimate of drug-likeness (QED) is 0.0162. The van der Waals surface area contributed by atoms with Crippen molar-refractivity contribution in [3.63, 3.8) is 0 Å². The number of hydrogen-bond donors (Lipinski definition) is 6. The van der Waals surface area contributed by atoms with Gasteiger partial charge < -0.3 is 16.0 Å². The molecule has 6 N–H and O–H groups in total. The van der Waals surface area contributed by atoms with Gasteiger partial charge in [-0.3, -0.25) is 13.3 Å². The molecule has 0 radical (unpaired) electrons. The van der Waals surface area contributed by atoms with Crippen LogP contribution in [-0.2, 0) is 56.5 Å². The topological polar surface area (TPSA) is 290 Å². The lowest BCUT2D eigenvalue weighted by Crippen LogP contribution is -2.14. The molecule has 0 saturated heterocycles. The summed E-state index contributed by atoms with van der Waals surface area (Å²) in [5, 5.41) is 27.9. The molecular formula is C28H31ClN8O12S4. The van der Waals surface area contributed by atoms with Gasteiger partial charge in [-0.15, -0.1) is 9.45 Å². The average molecular weight is 835 g/mol. The van der Waals surface area contributed by atoms with Crippen molar-refractivity contribution in [1.82, 2.24) is 15.0 Å². The summed E-state index contributed by atoms with van der Waals surface area (Å²) in [5.41, 5.74) is 2.41. The second-order valence-corrected chi connectivity index (χ2v) is 16.3. The van der Waals surface area contributed by atoms with E-state index in [1.165, 1.54) is 36.4 Å². The van der Waals surface area contributed by atoms with Crippen molar-refractivity contribution in [2.75, 3.05) is 34.2 Å². The molecule has 1 aromatic heterocycles. The molecule has 0 amide bonds. The number of hydrogen-bond acceptors (Lipinski definition) is 19. The number of nitrogens with zero attached hydrogens (tertiary/aromatic N) is 5. The molecule has 3 aromatic carbocycles. The van der Waals surface area contributed by atoms with E-state index in [4.69, 9.17) is 25.6 Å². The van der Waals surface area contributed by atoms with Crippen LogP contribution < -0.4 is 16.0 Å². The van der Waals surface area contributed by atoms with Gasteiger partial charge in [0, 0.05) is 17.1 Å². The van der Waals surface area contributed by atoms with Crippen LogP contribution in [0.15, 0.2) is 74.6 Å². The first-order chi connectivity index (χ1) is 25.0. The molecule has 53 heavy (non-hydrogen) atoms. The summed E-state index contributed by atoms with van der Waals surface area (Å²) < 4.78 is 99.9. The van der Waals surface area contributed by atoms with Crippen molar-refractivity contribution in [1.29, 1.82) is 0 Å². The number of aryl methyl sites for hydroxylation is 2. The predicted octanol–water partition coefficient (Wildman–Crippen LogP) is 5.83. The van der Waals surface area contributed by atoms with Crippen LogP contribution in [0.4, 0.5) is 40.3 Å². The molecule has 286 valence electrons. The first kappa shape index (κ1) is 41.7. The SMILES string of the molecule is CCc1cc(NCS(=O)(=O)O)c(CC)cc1N=Nc1cc(Nc2nc(Cl)nc(Nc3ccc(S(=O)(=O)CCOSOOO)cc3)n2)ccc1S(=O)(=O)O. The van der Waals surface area contributed by atoms with Gasteiger partial charge in [0.25, 0.3) is 20.2 Å². The van der Waals surface area contributed by atoms with Crippen LogP contribution in [0.25, 0.3) is 0 Å². The normalized spacial score (nSPS) is 12.3. The molecule has 25 heteroatoms. The van der Waals surface area contributed by atoms with E-state index >= 15 is 0 Å². The summed E-state index contributed by atoms with van der Waals surface area (Å²) in [6.07, 6.45) is 0.879. The van der Waals surface area contributed by atoms with E-state index in [9.17, 15) is 29.8 Å². The molecule has 20 nitrogen and oxygen atoms in total. The summed E-state index contributed by atoms with van der Waals surface area (Å²) in [4.78, 5) is 11.7. The number of rotatable bonds is 19. The third-order valence-corrected chi connectivity index (χ3v) is 10.5. The third-order valence-electron chi connectivity index (χ3n) is 6.89. The molecule has 4 aromatic rings. The highest BCUT2D eigenvalue weighted by Crippen LogP contribution is 2.34. The first-order valence-electron chi connectivity index (χ1n) is 14.9. The lowest BCUT2D eigenvalue weighted by Gasteiger charge is -2.14. The molecule has 0 fully saturated rings. The van der Waals surface area contributed by atoms with Gasteiger partial charge >= 0.3 is 0 Å². The molecular weight excluding hydrogens is 804 g/mol. The van der Waals surface area contributed by atoms with Crippen LogP contribution in [0.5, 0.6) is 0 Å². The van der Waals surface area contributed by atoms with E-state index in [-0.39, 0.29) is 58.1 Å². The van der Waals surface area contributed by atoms with Gasteiger partial charge in [0.1, 0.15) is 16.5 Å². The third kappa shape index (κ3) is 12.5. The van der Waals surface area contributed by atoms with Crippen molar-refractivity contribution in [3.8, 4) is 0 Å². The molecule has 0 saturated carbocycles. The standard InChI is InChI=1S/C28H31ClN8O12S4/c1-3-17-14-23(18(4-2)13-22(17)30-16-52(41,42)43)36-37-24-15-20(7-10-25(24)53(44,45)46)32-28-34-26(29)33-27(35-28)31-19-5-8-21(9-6-19)51(39,40)12-11-47-50-49-48-38/h5-10,13-15,30,38H,3-4,11-12,16H2,1-2H3,(H,41,42,43)(H,44,45,46)(H2,31,32,33,34,35). The van der Waals surface area contributed by atoms with E-state index in [0.717, 1.165) is 6.07 Å². The molecule has 1 heterocycles. The smallest absolute Gasteiger partial charge is 0.296 e. The molecule has 0 atom stereocenters. The largest absolute Gasteiger partial charge is 0.369 e. The average Bonchev–Trinajstić information content (AvgIpc) is 3.08. The molecule has 0 aliphatic carbocycles. The maximum Gasteiger partial charge on any atom is 0.296 e. The van der Waals surface area contributed by atoms with Gasteiger partial charge in [-0.05, 0) is 90.2 Å². The predicted molar refractivity (Wildman–Crippen MR) is 194 cm³/mol. The van der Waals surface area contributed by atoms with Gasteiger partial charge in [0.2, 0.25) is 17.2 Å². The van der Waals surface area contributed by atoms with Gasteiger partial charge in [-0.2, -0.15) is 36.9 Å². The number of benzene rings is 3. The Balaban J connectivity index is 1.56.